The van der Waals surface area contributed by atoms with Crippen LogP contribution in [-0.2, 0) is 6.54 Å². The zero-order valence-electron chi connectivity index (χ0n) is 14.1. The summed E-state index contributed by atoms with van der Waals surface area (Å²) in [6.07, 6.45) is 1.67. The van der Waals surface area contributed by atoms with Gasteiger partial charge in [0.15, 0.2) is 11.5 Å². The average molecular weight is 336 g/mol. The minimum absolute atomic E-state index is 0.0154. The summed E-state index contributed by atoms with van der Waals surface area (Å²) in [5.74, 6) is 2.24. The summed E-state index contributed by atoms with van der Waals surface area (Å²) in [6, 6.07) is 15.9. The summed E-state index contributed by atoms with van der Waals surface area (Å²) in [5.41, 5.74) is 3.07. The van der Waals surface area contributed by atoms with Crippen molar-refractivity contribution < 1.29 is 13.9 Å². The van der Waals surface area contributed by atoms with Crippen molar-refractivity contribution in [3.63, 3.8) is 0 Å². The summed E-state index contributed by atoms with van der Waals surface area (Å²) >= 11 is 0. The van der Waals surface area contributed by atoms with Gasteiger partial charge in [-0.2, -0.15) is 0 Å². The number of benzene rings is 2. The van der Waals surface area contributed by atoms with Crippen LogP contribution in [0.3, 0.4) is 0 Å². The molecule has 0 aliphatic carbocycles. The third kappa shape index (κ3) is 3.67. The summed E-state index contributed by atoms with van der Waals surface area (Å²) in [6.45, 7) is 3.90. The van der Waals surface area contributed by atoms with E-state index >= 15 is 0 Å². The molecule has 1 unspecified atom stereocenters. The standard InChI is InChI=1S/C20H20N2O3/c1-14-6-8-15(9-7-14)20-22-16(12-24-20)10-21-11-17-13-23-18-4-2-3-5-19(18)25-17/h2-9,12,17,21H,10-11,13H2,1H3. The van der Waals surface area contributed by atoms with Crippen molar-refractivity contribution in [1.29, 1.82) is 0 Å². The van der Waals surface area contributed by atoms with Crippen LogP contribution >= 0.6 is 0 Å². The van der Waals surface area contributed by atoms with E-state index in [1.807, 2.05) is 36.4 Å². The van der Waals surface area contributed by atoms with Gasteiger partial charge in [-0.25, -0.2) is 4.98 Å². The molecule has 5 heteroatoms. The van der Waals surface area contributed by atoms with Crippen LogP contribution in [0.25, 0.3) is 11.5 Å². The average Bonchev–Trinajstić information content (AvgIpc) is 3.11. The smallest absolute Gasteiger partial charge is 0.226 e. The maximum Gasteiger partial charge on any atom is 0.226 e. The van der Waals surface area contributed by atoms with Gasteiger partial charge in [0, 0.05) is 18.7 Å². The lowest BCUT2D eigenvalue weighted by molar-refractivity contribution is 0.0901. The molecule has 25 heavy (non-hydrogen) atoms. The molecule has 0 spiro atoms. The predicted octanol–water partition coefficient (Wildman–Crippen LogP) is 3.58. The number of para-hydroxylation sites is 2. The highest BCUT2D eigenvalue weighted by Gasteiger charge is 2.20. The Morgan fingerprint density at radius 3 is 2.72 bits per heavy atom. The molecule has 2 heterocycles. The van der Waals surface area contributed by atoms with Crippen LogP contribution < -0.4 is 14.8 Å². The van der Waals surface area contributed by atoms with Crippen molar-refractivity contribution in [3.05, 3.63) is 66.1 Å². The molecule has 0 radical (unpaired) electrons. The quantitative estimate of drug-likeness (QED) is 0.772. The van der Waals surface area contributed by atoms with Gasteiger partial charge in [0.25, 0.3) is 0 Å². The van der Waals surface area contributed by atoms with Gasteiger partial charge < -0.3 is 19.2 Å². The van der Waals surface area contributed by atoms with Crippen molar-refractivity contribution in [2.75, 3.05) is 13.2 Å². The summed E-state index contributed by atoms with van der Waals surface area (Å²) < 4.78 is 17.2. The van der Waals surface area contributed by atoms with Crippen LogP contribution in [-0.4, -0.2) is 24.2 Å². The second-order valence-corrected chi connectivity index (χ2v) is 6.14. The number of rotatable bonds is 5. The first-order chi connectivity index (χ1) is 12.3. The van der Waals surface area contributed by atoms with Gasteiger partial charge in [-0.3, -0.25) is 0 Å². The number of oxazole rings is 1. The molecule has 1 N–H and O–H groups in total. The van der Waals surface area contributed by atoms with Gasteiger partial charge >= 0.3 is 0 Å². The summed E-state index contributed by atoms with van der Waals surface area (Å²) in [7, 11) is 0. The monoisotopic (exact) mass is 336 g/mol. The van der Waals surface area contributed by atoms with Gasteiger partial charge in [-0.05, 0) is 31.2 Å². The topological polar surface area (TPSA) is 56.5 Å². The van der Waals surface area contributed by atoms with E-state index in [0.717, 1.165) is 22.8 Å². The molecule has 2 aromatic carbocycles. The van der Waals surface area contributed by atoms with E-state index < -0.39 is 0 Å². The largest absolute Gasteiger partial charge is 0.486 e. The van der Waals surface area contributed by atoms with Gasteiger partial charge in [-0.1, -0.05) is 29.8 Å². The lowest BCUT2D eigenvalue weighted by Crippen LogP contribution is -2.38. The van der Waals surface area contributed by atoms with Crippen molar-refractivity contribution >= 4 is 0 Å². The maximum atomic E-state index is 5.92. The highest BCUT2D eigenvalue weighted by Crippen LogP contribution is 2.30. The first-order valence-electron chi connectivity index (χ1n) is 8.38. The molecule has 0 saturated heterocycles. The van der Waals surface area contributed by atoms with Crippen LogP contribution in [0.4, 0.5) is 0 Å². The SMILES string of the molecule is Cc1ccc(-c2nc(CNCC3COc4ccccc4O3)co2)cc1. The van der Waals surface area contributed by atoms with Gasteiger partial charge in [0.1, 0.15) is 19.0 Å². The van der Waals surface area contributed by atoms with E-state index in [0.29, 0.717) is 25.6 Å². The van der Waals surface area contributed by atoms with Gasteiger partial charge in [0.05, 0.1) is 5.69 Å². The number of aryl methyl sites for hydroxylation is 1. The first kappa shape index (κ1) is 15.7. The molecule has 0 saturated carbocycles. The molecule has 0 fully saturated rings. The van der Waals surface area contributed by atoms with E-state index in [-0.39, 0.29) is 6.10 Å². The normalized spacial score (nSPS) is 16.0. The third-order valence-electron chi connectivity index (χ3n) is 4.10. The van der Waals surface area contributed by atoms with Crippen LogP contribution in [0, 0.1) is 6.92 Å². The molecule has 4 rings (SSSR count). The fraction of sp³-hybridized carbons (Fsp3) is 0.250. The third-order valence-corrected chi connectivity index (χ3v) is 4.10. The van der Waals surface area contributed by atoms with Crippen molar-refractivity contribution in [2.45, 2.75) is 19.6 Å². The van der Waals surface area contributed by atoms with E-state index in [4.69, 9.17) is 13.9 Å². The fourth-order valence-electron chi connectivity index (χ4n) is 2.74. The zero-order valence-corrected chi connectivity index (χ0v) is 14.1. The number of hydrogen-bond donors (Lipinski definition) is 1. The Balaban J connectivity index is 1.30. The van der Waals surface area contributed by atoms with Crippen LogP contribution in [0.5, 0.6) is 11.5 Å². The highest BCUT2D eigenvalue weighted by atomic mass is 16.6. The zero-order chi connectivity index (χ0) is 17.1. The van der Waals surface area contributed by atoms with Crippen molar-refractivity contribution in [2.24, 2.45) is 0 Å². The van der Waals surface area contributed by atoms with Crippen molar-refractivity contribution in [3.8, 4) is 23.0 Å². The fourth-order valence-corrected chi connectivity index (χ4v) is 2.74. The molecule has 5 nitrogen and oxygen atoms in total. The minimum atomic E-state index is -0.0154. The number of hydrogen-bond acceptors (Lipinski definition) is 5. The predicted molar refractivity (Wildman–Crippen MR) is 94.7 cm³/mol. The Morgan fingerprint density at radius 1 is 1.08 bits per heavy atom. The molecular weight excluding hydrogens is 316 g/mol. The molecule has 3 aromatic rings. The first-order valence-corrected chi connectivity index (χ1v) is 8.38. The van der Waals surface area contributed by atoms with Crippen LogP contribution in [0.15, 0.2) is 59.2 Å². The Hall–Kier alpha value is -2.79. The summed E-state index contributed by atoms with van der Waals surface area (Å²) in [4.78, 5) is 4.53. The lowest BCUT2D eigenvalue weighted by Gasteiger charge is -2.26. The van der Waals surface area contributed by atoms with E-state index in [1.54, 1.807) is 6.26 Å². The molecule has 0 bridgehead atoms. The second kappa shape index (κ2) is 6.99. The number of ether oxygens (including phenoxy) is 2. The molecule has 1 aromatic heterocycles. The molecular formula is C20H20N2O3. The highest BCUT2D eigenvalue weighted by molar-refractivity contribution is 5.53. The molecule has 1 aliphatic rings. The molecule has 0 amide bonds. The Labute approximate surface area is 146 Å². The van der Waals surface area contributed by atoms with E-state index in [9.17, 15) is 0 Å². The number of fused-ring (bicyclic) bond motifs is 1. The van der Waals surface area contributed by atoms with E-state index in [2.05, 4.69) is 29.4 Å². The van der Waals surface area contributed by atoms with Gasteiger partial charge in [0.2, 0.25) is 5.89 Å². The number of nitrogens with one attached hydrogen (secondary N) is 1. The molecule has 128 valence electrons. The van der Waals surface area contributed by atoms with Crippen LogP contribution in [0.2, 0.25) is 0 Å². The lowest BCUT2D eigenvalue weighted by atomic mass is 10.1. The second-order valence-electron chi connectivity index (χ2n) is 6.14. The maximum absolute atomic E-state index is 5.92. The Morgan fingerprint density at radius 2 is 1.88 bits per heavy atom. The molecule has 1 atom stereocenters. The van der Waals surface area contributed by atoms with E-state index in [1.165, 1.54) is 5.56 Å². The Kier molecular flexibility index (Phi) is 4.39. The van der Waals surface area contributed by atoms with Crippen molar-refractivity contribution in [1.82, 2.24) is 10.3 Å². The van der Waals surface area contributed by atoms with Crippen LogP contribution in [0.1, 0.15) is 11.3 Å². The molecule has 1 aliphatic heterocycles. The number of aromatic nitrogens is 1. The number of nitrogens with zero attached hydrogens (tertiary/aromatic N) is 1. The van der Waals surface area contributed by atoms with Gasteiger partial charge in [-0.15, -0.1) is 0 Å². The Bertz CT molecular complexity index is 842. The minimum Gasteiger partial charge on any atom is -0.486 e. The summed E-state index contributed by atoms with van der Waals surface area (Å²) in [5, 5.41) is 3.35.